The lowest BCUT2D eigenvalue weighted by Crippen LogP contribution is -2.34. The van der Waals surface area contributed by atoms with E-state index in [0.717, 1.165) is 25.5 Å². The van der Waals surface area contributed by atoms with Crippen LogP contribution >= 0.6 is 11.3 Å². The van der Waals surface area contributed by atoms with E-state index in [4.69, 9.17) is 0 Å². The normalized spacial score (nSPS) is 15.5. The zero-order chi connectivity index (χ0) is 16.4. The van der Waals surface area contributed by atoms with Crippen LogP contribution in [0.4, 0.5) is 0 Å². The minimum atomic E-state index is -0.104. The average molecular weight is 333 g/mol. The molecule has 1 aliphatic rings. The van der Waals surface area contributed by atoms with Crippen molar-refractivity contribution in [2.24, 2.45) is 0 Å². The van der Waals surface area contributed by atoms with E-state index in [0.29, 0.717) is 12.2 Å². The van der Waals surface area contributed by atoms with Gasteiger partial charge in [-0.3, -0.25) is 4.79 Å². The molecule has 0 aromatic carbocycles. The summed E-state index contributed by atoms with van der Waals surface area (Å²) in [5.74, 6) is 0.827. The number of hydrogen-bond donors (Lipinski definition) is 2. The summed E-state index contributed by atoms with van der Waals surface area (Å²) in [5, 5.41) is 8.39. The number of aromatic nitrogens is 2. The predicted octanol–water partition coefficient (Wildman–Crippen LogP) is 1.39. The molecular formula is C16H23N5OS. The summed E-state index contributed by atoms with van der Waals surface area (Å²) in [7, 11) is 4.08. The van der Waals surface area contributed by atoms with Gasteiger partial charge in [0.2, 0.25) is 0 Å². The number of imidazole rings is 1. The molecule has 1 aliphatic heterocycles. The number of carbonyl (C=O) groups is 1. The zero-order valence-corrected chi connectivity index (χ0v) is 14.6. The number of nitrogens with zero attached hydrogens (tertiary/aromatic N) is 3. The molecule has 0 unspecified atom stereocenters. The number of fused-ring (bicyclic) bond motifs is 1. The molecule has 7 heteroatoms. The Morgan fingerprint density at radius 2 is 2.39 bits per heavy atom. The Labute approximate surface area is 140 Å². The molecule has 2 aromatic rings. The Balaban J connectivity index is 1.67. The fourth-order valence-corrected chi connectivity index (χ4v) is 3.94. The molecule has 0 saturated carbocycles. The molecule has 23 heavy (non-hydrogen) atoms. The van der Waals surface area contributed by atoms with Crippen LogP contribution in [0.15, 0.2) is 17.6 Å². The SMILES string of the molecule is Cc1ccsc1[C@H](CNC(=O)c1cn2c(n1)CNCC2)N(C)C. The largest absolute Gasteiger partial charge is 0.349 e. The minimum Gasteiger partial charge on any atom is -0.349 e. The van der Waals surface area contributed by atoms with E-state index in [9.17, 15) is 4.79 Å². The first-order chi connectivity index (χ1) is 11.1. The molecule has 3 rings (SSSR count). The number of thiophene rings is 1. The molecule has 2 aromatic heterocycles. The summed E-state index contributed by atoms with van der Waals surface area (Å²) >= 11 is 1.73. The first-order valence-corrected chi connectivity index (χ1v) is 8.69. The molecule has 1 amide bonds. The van der Waals surface area contributed by atoms with Crippen LogP contribution in [0.1, 0.15) is 32.8 Å². The van der Waals surface area contributed by atoms with Gasteiger partial charge in [-0.05, 0) is 38.0 Å². The maximum Gasteiger partial charge on any atom is 0.271 e. The Kier molecular flexibility index (Phi) is 4.79. The van der Waals surface area contributed by atoms with Crippen molar-refractivity contribution in [2.45, 2.75) is 26.1 Å². The third-order valence-corrected chi connectivity index (χ3v) is 5.31. The third kappa shape index (κ3) is 3.46. The van der Waals surface area contributed by atoms with Gasteiger partial charge in [0, 0.05) is 30.7 Å². The van der Waals surface area contributed by atoms with Crippen LogP contribution in [0.25, 0.3) is 0 Å². The van der Waals surface area contributed by atoms with E-state index < -0.39 is 0 Å². The van der Waals surface area contributed by atoms with Crippen molar-refractivity contribution in [3.63, 3.8) is 0 Å². The van der Waals surface area contributed by atoms with E-state index in [1.807, 2.05) is 20.3 Å². The van der Waals surface area contributed by atoms with Crippen LogP contribution in [0, 0.1) is 6.92 Å². The van der Waals surface area contributed by atoms with Gasteiger partial charge in [0.05, 0.1) is 12.6 Å². The molecule has 124 valence electrons. The fraction of sp³-hybridized carbons (Fsp3) is 0.500. The van der Waals surface area contributed by atoms with Crippen molar-refractivity contribution in [2.75, 3.05) is 27.2 Å². The maximum absolute atomic E-state index is 12.4. The Hall–Kier alpha value is -1.70. The van der Waals surface area contributed by atoms with E-state index in [2.05, 4.69) is 43.5 Å². The Morgan fingerprint density at radius 1 is 1.57 bits per heavy atom. The summed E-state index contributed by atoms with van der Waals surface area (Å²) in [4.78, 5) is 20.3. The molecule has 0 spiro atoms. The summed E-state index contributed by atoms with van der Waals surface area (Å²) in [5.41, 5.74) is 1.77. The van der Waals surface area contributed by atoms with Gasteiger partial charge < -0.3 is 20.1 Å². The highest BCUT2D eigenvalue weighted by molar-refractivity contribution is 7.10. The van der Waals surface area contributed by atoms with Gasteiger partial charge in [-0.1, -0.05) is 0 Å². The molecule has 0 radical (unpaired) electrons. The standard InChI is InChI=1S/C16H23N5OS/c1-11-4-7-23-15(11)13(20(2)3)8-18-16(22)12-10-21-6-5-17-9-14(21)19-12/h4,7,10,13,17H,5-6,8-9H2,1-3H3,(H,18,22)/t13-/m0/s1. The van der Waals surface area contributed by atoms with Crippen LogP contribution in [-0.4, -0.2) is 47.5 Å². The number of amides is 1. The molecule has 0 fully saturated rings. The second-order valence-electron chi connectivity index (χ2n) is 6.07. The van der Waals surface area contributed by atoms with Crippen LogP contribution in [0.3, 0.4) is 0 Å². The Morgan fingerprint density at radius 3 is 3.04 bits per heavy atom. The van der Waals surface area contributed by atoms with Crippen LogP contribution in [0.2, 0.25) is 0 Å². The maximum atomic E-state index is 12.4. The van der Waals surface area contributed by atoms with Crippen molar-refractivity contribution >= 4 is 17.2 Å². The van der Waals surface area contributed by atoms with Gasteiger partial charge in [0.25, 0.3) is 5.91 Å². The van der Waals surface area contributed by atoms with Crippen molar-refractivity contribution in [1.82, 2.24) is 25.1 Å². The van der Waals surface area contributed by atoms with Gasteiger partial charge in [0.15, 0.2) is 0 Å². The third-order valence-electron chi connectivity index (χ3n) is 4.19. The highest BCUT2D eigenvalue weighted by Crippen LogP contribution is 2.26. The van der Waals surface area contributed by atoms with Gasteiger partial charge in [0.1, 0.15) is 11.5 Å². The molecule has 2 N–H and O–H groups in total. The first kappa shape index (κ1) is 16.2. The van der Waals surface area contributed by atoms with Crippen LogP contribution < -0.4 is 10.6 Å². The first-order valence-electron chi connectivity index (χ1n) is 7.81. The number of hydrogen-bond acceptors (Lipinski definition) is 5. The summed E-state index contributed by atoms with van der Waals surface area (Å²) in [6.45, 7) is 5.20. The molecule has 0 saturated heterocycles. The van der Waals surface area contributed by atoms with E-state index in [1.54, 1.807) is 11.3 Å². The lowest BCUT2D eigenvalue weighted by atomic mass is 10.1. The van der Waals surface area contributed by atoms with Crippen molar-refractivity contribution in [3.05, 3.63) is 39.6 Å². The highest BCUT2D eigenvalue weighted by Gasteiger charge is 2.21. The number of likely N-dealkylation sites (N-methyl/N-ethyl adjacent to an activating group) is 1. The van der Waals surface area contributed by atoms with Crippen molar-refractivity contribution < 1.29 is 4.79 Å². The second-order valence-corrected chi connectivity index (χ2v) is 7.02. The summed E-state index contributed by atoms with van der Waals surface area (Å²) in [6, 6.07) is 2.30. The number of nitrogens with one attached hydrogen (secondary N) is 2. The van der Waals surface area contributed by atoms with E-state index in [-0.39, 0.29) is 11.9 Å². The zero-order valence-electron chi connectivity index (χ0n) is 13.8. The fourth-order valence-electron chi connectivity index (χ4n) is 2.81. The molecular weight excluding hydrogens is 310 g/mol. The Bertz CT molecular complexity index is 667. The molecule has 1 atom stereocenters. The second kappa shape index (κ2) is 6.82. The topological polar surface area (TPSA) is 62.2 Å². The molecule has 0 bridgehead atoms. The average Bonchev–Trinajstić information content (AvgIpc) is 3.13. The van der Waals surface area contributed by atoms with Crippen LogP contribution in [-0.2, 0) is 13.1 Å². The smallest absolute Gasteiger partial charge is 0.271 e. The molecule has 0 aliphatic carbocycles. The van der Waals surface area contributed by atoms with Crippen molar-refractivity contribution in [3.8, 4) is 0 Å². The molecule has 6 nitrogen and oxygen atoms in total. The van der Waals surface area contributed by atoms with E-state index >= 15 is 0 Å². The van der Waals surface area contributed by atoms with Crippen LogP contribution in [0.5, 0.6) is 0 Å². The lowest BCUT2D eigenvalue weighted by molar-refractivity contribution is 0.0937. The lowest BCUT2D eigenvalue weighted by Gasteiger charge is -2.24. The van der Waals surface area contributed by atoms with Gasteiger partial charge in [-0.15, -0.1) is 11.3 Å². The van der Waals surface area contributed by atoms with E-state index in [1.165, 1.54) is 10.4 Å². The number of carbonyl (C=O) groups excluding carboxylic acids is 1. The minimum absolute atomic E-state index is 0.104. The molecule has 3 heterocycles. The number of rotatable bonds is 5. The summed E-state index contributed by atoms with van der Waals surface area (Å²) in [6.07, 6.45) is 1.85. The van der Waals surface area contributed by atoms with Gasteiger partial charge >= 0.3 is 0 Å². The van der Waals surface area contributed by atoms with Gasteiger partial charge in [-0.25, -0.2) is 4.98 Å². The predicted molar refractivity (Wildman–Crippen MR) is 91.8 cm³/mol. The highest BCUT2D eigenvalue weighted by atomic mass is 32.1. The monoisotopic (exact) mass is 333 g/mol. The quantitative estimate of drug-likeness (QED) is 0.868. The number of aryl methyl sites for hydroxylation is 1. The van der Waals surface area contributed by atoms with Crippen molar-refractivity contribution in [1.29, 1.82) is 0 Å². The van der Waals surface area contributed by atoms with Gasteiger partial charge in [-0.2, -0.15) is 0 Å². The summed E-state index contributed by atoms with van der Waals surface area (Å²) < 4.78 is 2.05.